The van der Waals surface area contributed by atoms with E-state index in [9.17, 15) is 22.8 Å². The van der Waals surface area contributed by atoms with Crippen LogP contribution >= 0.6 is 0 Å². The Morgan fingerprint density at radius 2 is 1.95 bits per heavy atom. The van der Waals surface area contributed by atoms with Crippen LogP contribution in [0.3, 0.4) is 0 Å². The van der Waals surface area contributed by atoms with E-state index in [4.69, 9.17) is 5.11 Å². The first-order chi connectivity index (χ1) is 8.75. The normalized spacial score (nSPS) is 16.8. The Hall–Kier alpha value is -2.12. The zero-order valence-electron chi connectivity index (χ0n) is 9.49. The van der Waals surface area contributed by atoms with Crippen molar-refractivity contribution in [3.8, 4) is 0 Å². The van der Waals surface area contributed by atoms with Crippen molar-refractivity contribution in [2.75, 3.05) is 5.32 Å². The van der Waals surface area contributed by atoms with Gasteiger partial charge in [-0.15, -0.1) is 0 Å². The number of alkyl halides is 3. The maximum atomic E-state index is 12.3. The van der Waals surface area contributed by atoms with E-state index in [1.165, 1.54) is 0 Å². The zero-order valence-corrected chi connectivity index (χ0v) is 9.49. The molecule has 1 amide bonds. The summed E-state index contributed by atoms with van der Waals surface area (Å²) in [4.78, 5) is 25.7. The molecule has 2 N–H and O–H groups in total. The molecule has 8 heteroatoms. The molecule has 1 heterocycles. The number of pyridine rings is 1. The van der Waals surface area contributed by atoms with Crippen molar-refractivity contribution >= 4 is 17.6 Å². The number of hydrogen-bond acceptors (Lipinski definition) is 3. The molecule has 0 radical (unpaired) electrons. The van der Waals surface area contributed by atoms with Crippen LogP contribution in [0.1, 0.15) is 18.5 Å². The molecule has 1 aliphatic rings. The highest BCUT2D eigenvalue weighted by molar-refractivity contribution is 6.10. The molecular formula is C11H9F3N2O3. The quantitative estimate of drug-likeness (QED) is 0.825. The van der Waals surface area contributed by atoms with E-state index in [1.807, 2.05) is 0 Å². The predicted molar refractivity (Wildman–Crippen MR) is 57.2 cm³/mol. The molecule has 1 saturated carbocycles. The first-order valence-electron chi connectivity index (χ1n) is 5.34. The van der Waals surface area contributed by atoms with Gasteiger partial charge in [-0.25, -0.2) is 4.98 Å². The van der Waals surface area contributed by atoms with Gasteiger partial charge >= 0.3 is 12.1 Å². The first-order valence-corrected chi connectivity index (χ1v) is 5.34. The lowest BCUT2D eigenvalue weighted by Gasteiger charge is -2.11. The second-order valence-corrected chi connectivity index (χ2v) is 4.27. The van der Waals surface area contributed by atoms with Gasteiger partial charge in [0.1, 0.15) is 11.1 Å². The summed E-state index contributed by atoms with van der Waals surface area (Å²) in [7, 11) is 0. The van der Waals surface area contributed by atoms with Gasteiger partial charge in [0.15, 0.2) is 0 Å². The second-order valence-electron chi connectivity index (χ2n) is 4.27. The Morgan fingerprint density at radius 3 is 2.32 bits per heavy atom. The number of anilines is 1. The van der Waals surface area contributed by atoms with Gasteiger partial charge in [-0.3, -0.25) is 9.59 Å². The lowest BCUT2D eigenvalue weighted by Crippen LogP contribution is -2.31. The molecule has 1 fully saturated rings. The molecule has 5 nitrogen and oxygen atoms in total. The summed E-state index contributed by atoms with van der Waals surface area (Å²) < 4.78 is 36.8. The zero-order chi connectivity index (χ0) is 14.3. The minimum Gasteiger partial charge on any atom is -0.480 e. The molecule has 0 bridgehead atoms. The minimum atomic E-state index is -4.55. The van der Waals surface area contributed by atoms with Crippen molar-refractivity contribution < 1.29 is 27.9 Å². The predicted octanol–water partition coefficient (Wildman–Crippen LogP) is 1.90. The molecule has 0 unspecified atom stereocenters. The highest BCUT2D eigenvalue weighted by atomic mass is 19.4. The number of carboxylic acid groups (broad SMARTS) is 1. The van der Waals surface area contributed by atoms with Gasteiger partial charge in [0.2, 0.25) is 5.91 Å². The minimum absolute atomic E-state index is 0.0329. The van der Waals surface area contributed by atoms with Crippen LogP contribution in [0.2, 0.25) is 0 Å². The summed E-state index contributed by atoms with van der Waals surface area (Å²) in [6.45, 7) is 0. The molecule has 0 aliphatic heterocycles. The topological polar surface area (TPSA) is 79.3 Å². The van der Waals surface area contributed by atoms with Crippen molar-refractivity contribution in [3.63, 3.8) is 0 Å². The summed E-state index contributed by atoms with van der Waals surface area (Å²) in [5, 5.41) is 11.1. The number of carboxylic acids is 1. The molecule has 19 heavy (non-hydrogen) atoms. The molecule has 0 spiro atoms. The van der Waals surface area contributed by atoms with E-state index in [-0.39, 0.29) is 18.5 Å². The van der Waals surface area contributed by atoms with Crippen LogP contribution < -0.4 is 5.32 Å². The lowest BCUT2D eigenvalue weighted by atomic mass is 10.1. The molecule has 1 aliphatic carbocycles. The van der Waals surface area contributed by atoms with Crippen molar-refractivity contribution in [3.05, 3.63) is 24.0 Å². The maximum Gasteiger partial charge on any atom is 0.433 e. The molecule has 102 valence electrons. The van der Waals surface area contributed by atoms with E-state index in [0.717, 1.165) is 18.3 Å². The van der Waals surface area contributed by atoms with Gasteiger partial charge in [-0.2, -0.15) is 13.2 Å². The first kappa shape index (κ1) is 13.3. The monoisotopic (exact) mass is 274 g/mol. The highest BCUT2D eigenvalue weighted by Crippen LogP contribution is 2.46. The van der Waals surface area contributed by atoms with Crippen molar-refractivity contribution in [2.45, 2.75) is 19.0 Å². The van der Waals surface area contributed by atoms with Crippen LogP contribution in [0.4, 0.5) is 18.9 Å². The molecule has 0 aromatic carbocycles. The number of amides is 1. The van der Waals surface area contributed by atoms with E-state index in [0.29, 0.717) is 0 Å². The number of nitrogens with one attached hydrogen (secondary N) is 1. The van der Waals surface area contributed by atoms with Gasteiger partial charge in [0.25, 0.3) is 0 Å². The number of aromatic nitrogens is 1. The number of carbonyl (C=O) groups is 2. The van der Waals surface area contributed by atoms with E-state index >= 15 is 0 Å². The summed E-state index contributed by atoms with van der Waals surface area (Å²) in [6.07, 6.45) is -3.26. The van der Waals surface area contributed by atoms with Crippen molar-refractivity contribution in [1.29, 1.82) is 0 Å². The van der Waals surface area contributed by atoms with Gasteiger partial charge in [-0.1, -0.05) is 0 Å². The van der Waals surface area contributed by atoms with Crippen LogP contribution in [0, 0.1) is 5.41 Å². The average Bonchev–Trinajstić information content (AvgIpc) is 3.09. The van der Waals surface area contributed by atoms with Crippen LogP contribution in [0.25, 0.3) is 0 Å². The van der Waals surface area contributed by atoms with Crippen LogP contribution in [0.15, 0.2) is 18.3 Å². The van der Waals surface area contributed by atoms with E-state index < -0.39 is 29.2 Å². The van der Waals surface area contributed by atoms with E-state index in [2.05, 4.69) is 10.3 Å². The van der Waals surface area contributed by atoms with Crippen molar-refractivity contribution in [1.82, 2.24) is 4.98 Å². The Bertz CT molecular complexity index is 521. The average molecular weight is 274 g/mol. The SMILES string of the molecule is O=C(O)C1(C(=O)Nc2ccc(C(F)(F)F)nc2)CC1. The Kier molecular flexibility index (Phi) is 2.95. The standard InChI is InChI=1S/C11H9F3N2O3/c12-11(13,14)7-2-1-6(5-15-7)16-8(17)10(3-4-10)9(18)19/h1-2,5H,3-4H2,(H,16,17)(H,18,19). The molecule has 2 rings (SSSR count). The van der Waals surface area contributed by atoms with Crippen molar-refractivity contribution in [2.24, 2.45) is 5.41 Å². The Labute approximate surface area is 105 Å². The van der Waals surface area contributed by atoms with Gasteiger partial charge in [-0.05, 0) is 25.0 Å². The number of carbonyl (C=O) groups excluding carboxylic acids is 1. The number of rotatable bonds is 3. The molecule has 1 aromatic heterocycles. The van der Waals surface area contributed by atoms with Crippen LogP contribution in [0.5, 0.6) is 0 Å². The highest BCUT2D eigenvalue weighted by Gasteiger charge is 2.57. The number of hydrogen-bond donors (Lipinski definition) is 2. The van der Waals surface area contributed by atoms with E-state index in [1.54, 1.807) is 0 Å². The fourth-order valence-electron chi connectivity index (χ4n) is 1.55. The number of nitrogens with zero attached hydrogens (tertiary/aromatic N) is 1. The summed E-state index contributed by atoms with van der Waals surface area (Å²) in [5.74, 6) is -1.97. The van der Waals surface area contributed by atoms with Gasteiger partial charge in [0.05, 0.1) is 11.9 Å². The number of aliphatic carboxylic acids is 1. The van der Waals surface area contributed by atoms with Gasteiger partial charge < -0.3 is 10.4 Å². The number of halogens is 3. The summed E-state index contributed by atoms with van der Waals surface area (Å²) in [5.41, 5.74) is -2.49. The largest absolute Gasteiger partial charge is 0.480 e. The van der Waals surface area contributed by atoms with Crippen LogP contribution in [-0.2, 0) is 15.8 Å². The second kappa shape index (κ2) is 4.22. The molecule has 0 atom stereocenters. The maximum absolute atomic E-state index is 12.3. The third-order valence-corrected chi connectivity index (χ3v) is 2.91. The van der Waals surface area contributed by atoms with Gasteiger partial charge in [0, 0.05) is 0 Å². The molecule has 0 saturated heterocycles. The fraction of sp³-hybridized carbons (Fsp3) is 0.364. The smallest absolute Gasteiger partial charge is 0.433 e. The summed E-state index contributed by atoms with van der Waals surface area (Å²) >= 11 is 0. The third kappa shape index (κ3) is 2.51. The third-order valence-electron chi connectivity index (χ3n) is 2.91. The molecular weight excluding hydrogens is 265 g/mol. The Morgan fingerprint density at radius 1 is 1.32 bits per heavy atom. The van der Waals surface area contributed by atoms with Crippen LogP contribution in [-0.4, -0.2) is 22.0 Å². The molecule has 1 aromatic rings. The summed E-state index contributed by atoms with van der Waals surface area (Å²) in [6, 6.07) is 1.75. The lowest BCUT2D eigenvalue weighted by molar-refractivity contribution is -0.147. The Balaban J connectivity index is 2.09. The fourth-order valence-corrected chi connectivity index (χ4v) is 1.55.